The summed E-state index contributed by atoms with van der Waals surface area (Å²) in [5, 5.41) is 11.3. The van der Waals surface area contributed by atoms with E-state index in [0.717, 1.165) is 59.0 Å². The monoisotopic (exact) mass is 489 g/mol. The van der Waals surface area contributed by atoms with Crippen molar-refractivity contribution in [3.8, 4) is 11.5 Å². The summed E-state index contributed by atoms with van der Waals surface area (Å²) in [5.74, 6) is -0.155. The fraction of sp³-hybridized carbons (Fsp3) is 0.400. The van der Waals surface area contributed by atoms with Gasteiger partial charge in [-0.2, -0.15) is 0 Å². The van der Waals surface area contributed by atoms with Crippen molar-refractivity contribution in [2.45, 2.75) is 65.3 Å². The second-order valence-corrected chi connectivity index (χ2v) is 9.24. The number of rotatable bonds is 12. The molecule has 1 heterocycles. The number of aliphatic carboxylic acids is 1. The number of amides is 1. The van der Waals surface area contributed by atoms with Gasteiger partial charge in [-0.1, -0.05) is 70.0 Å². The minimum absolute atomic E-state index is 0.124. The van der Waals surface area contributed by atoms with E-state index in [2.05, 4.69) is 13.8 Å². The van der Waals surface area contributed by atoms with Gasteiger partial charge in [-0.3, -0.25) is 9.59 Å². The lowest BCUT2D eigenvalue weighted by Gasteiger charge is -2.18. The van der Waals surface area contributed by atoms with Gasteiger partial charge in [0.2, 0.25) is 0 Å². The Morgan fingerprint density at radius 3 is 2.06 bits per heavy atom. The Bertz CT molecular complexity index is 1230. The van der Waals surface area contributed by atoms with E-state index in [4.69, 9.17) is 9.47 Å². The number of ether oxygens (including phenoxy) is 2. The van der Waals surface area contributed by atoms with Crippen molar-refractivity contribution in [3.63, 3.8) is 0 Å². The molecule has 0 radical (unpaired) electrons. The number of carbonyl (C=O) groups is 2. The second kappa shape index (κ2) is 11.5. The minimum atomic E-state index is -0.843. The fourth-order valence-corrected chi connectivity index (χ4v) is 4.77. The first-order valence-electron chi connectivity index (χ1n) is 13.0. The number of nitrogens with zero attached hydrogens (tertiary/aromatic N) is 1. The summed E-state index contributed by atoms with van der Waals surface area (Å²) in [5.41, 5.74) is 2.87. The number of benzene rings is 3. The van der Waals surface area contributed by atoms with Crippen molar-refractivity contribution in [1.82, 2.24) is 0 Å². The number of fused-ring (bicyclic) bond motifs is 2. The maximum absolute atomic E-state index is 13.9. The summed E-state index contributed by atoms with van der Waals surface area (Å²) in [7, 11) is 0. The zero-order chi connectivity index (χ0) is 25.7. The molecule has 0 aliphatic carbocycles. The van der Waals surface area contributed by atoms with Crippen LogP contribution in [0.3, 0.4) is 0 Å². The lowest BCUT2D eigenvalue weighted by atomic mass is 9.96. The Morgan fingerprint density at radius 2 is 1.50 bits per heavy atom. The van der Waals surface area contributed by atoms with Crippen molar-refractivity contribution < 1.29 is 24.2 Å². The summed E-state index contributed by atoms with van der Waals surface area (Å²) in [6.45, 7) is 7.59. The van der Waals surface area contributed by atoms with Crippen molar-refractivity contribution in [3.05, 3.63) is 65.2 Å². The van der Waals surface area contributed by atoms with E-state index in [0.29, 0.717) is 37.5 Å². The molecule has 4 rings (SSSR count). The number of carboxylic acids is 1. The van der Waals surface area contributed by atoms with Crippen LogP contribution in [0, 0.1) is 0 Å². The second-order valence-electron chi connectivity index (χ2n) is 9.24. The highest BCUT2D eigenvalue weighted by atomic mass is 16.5. The Morgan fingerprint density at radius 1 is 0.917 bits per heavy atom. The van der Waals surface area contributed by atoms with Gasteiger partial charge >= 0.3 is 5.97 Å². The van der Waals surface area contributed by atoms with Gasteiger partial charge in [-0.05, 0) is 37.0 Å². The number of unbranched alkanes of at least 4 members (excludes halogenated alkanes) is 2. The average Bonchev–Trinajstić information content (AvgIpc) is 3.22. The van der Waals surface area contributed by atoms with Crippen molar-refractivity contribution in [2.24, 2.45) is 0 Å². The Hall–Kier alpha value is -3.54. The lowest BCUT2D eigenvalue weighted by Crippen LogP contribution is -2.23. The molecule has 6 nitrogen and oxygen atoms in total. The molecule has 1 aliphatic rings. The van der Waals surface area contributed by atoms with Crippen molar-refractivity contribution in [1.29, 1.82) is 0 Å². The molecule has 3 aromatic carbocycles. The molecule has 36 heavy (non-hydrogen) atoms. The van der Waals surface area contributed by atoms with Crippen LogP contribution in [0.25, 0.3) is 10.8 Å². The average molecular weight is 490 g/mol. The first-order valence-corrected chi connectivity index (χ1v) is 13.0. The maximum atomic E-state index is 13.9. The number of hydrogen-bond acceptors (Lipinski definition) is 4. The molecule has 1 N–H and O–H groups in total. The number of anilines is 1. The highest BCUT2D eigenvalue weighted by molar-refractivity contribution is 6.16. The Labute approximate surface area is 212 Å². The van der Waals surface area contributed by atoms with E-state index in [1.807, 2.05) is 55.5 Å². The number of carboxylic acid groups (broad SMARTS) is 1. The van der Waals surface area contributed by atoms with Gasteiger partial charge in [0.05, 0.1) is 31.2 Å². The molecule has 0 saturated heterocycles. The van der Waals surface area contributed by atoms with Crippen LogP contribution in [0.4, 0.5) is 5.69 Å². The summed E-state index contributed by atoms with van der Waals surface area (Å²) in [6, 6.07) is 15.2. The zero-order valence-electron chi connectivity index (χ0n) is 21.4. The van der Waals surface area contributed by atoms with Gasteiger partial charge in [0.1, 0.15) is 11.5 Å². The standard InChI is InChI=1S/C30H35NO5/c1-4-7-17-35-27-23-11-9-10-12-24(23)28(36-18-8-5-2)26-25(27)19-31(29(26)32)21-15-13-20(14-16-21)22(6-3)30(33)34/h9-16,22H,4-8,17-19H2,1-3H3,(H,33,34). The van der Waals surface area contributed by atoms with Gasteiger partial charge in [-0.15, -0.1) is 0 Å². The summed E-state index contributed by atoms with van der Waals surface area (Å²) < 4.78 is 12.6. The predicted octanol–water partition coefficient (Wildman–Crippen LogP) is 6.94. The first-order chi connectivity index (χ1) is 17.5. The smallest absolute Gasteiger partial charge is 0.310 e. The largest absolute Gasteiger partial charge is 0.493 e. The van der Waals surface area contributed by atoms with Gasteiger partial charge < -0.3 is 19.5 Å². The molecular weight excluding hydrogens is 454 g/mol. The van der Waals surface area contributed by atoms with Crippen LogP contribution in [0.15, 0.2) is 48.5 Å². The predicted molar refractivity (Wildman–Crippen MR) is 142 cm³/mol. The van der Waals surface area contributed by atoms with Crippen LogP contribution >= 0.6 is 0 Å². The Kier molecular flexibility index (Phi) is 8.14. The maximum Gasteiger partial charge on any atom is 0.310 e. The molecule has 0 bridgehead atoms. The van der Waals surface area contributed by atoms with Gasteiger partial charge in [0, 0.05) is 22.0 Å². The van der Waals surface area contributed by atoms with E-state index in [9.17, 15) is 14.7 Å². The molecule has 6 heteroatoms. The number of carbonyl (C=O) groups excluding carboxylic acids is 1. The van der Waals surface area contributed by atoms with Crippen LogP contribution in [-0.2, 0) is 11.3 Å². The molecule has 190 valence electrons. The minimum Gasteiger partial charge on any atom is -0.493 e. The highest BCUT2D eigenvalue weighted by Gasteiger charge is 2.37. The molecule has 1 amide bonds. The third kappa shape index (κ3) is 4.90. The van der Waals surface area contributed by atoms with Crippen LogP contribution in [0.2, 0.25) is 0 Å². The van der Waals surface area contributed by atoms with Gasteiger partial charge in [0.15, 0.2) is 0 Å². The molecule has 0 saturated carbocycles. The molecule has 0 fully saturated rings. The quantitative estimate of drug-likeness (QED) is 0.279. The Balaban J connectivity index is 1.78. The molecular formula is C30H35NO5. The third-order valence-corrected chi connectivity index (χ3v) is 6.80. The summed E-state index contributed by atoms with van der Waals surface area (Å²) in [6.07, 6.45) is 4.36. The van der Waals surface area contributed by atoms with E-state index < -0.39 is 11.9 Å². The molecule has 1 unspecified atom stereocenters. The summed E-state index contributed by atoms with van der Waals surface area (Å²) in [4.78, 5) is 27.2. The molecule has 0 spiro atoms. The van der Waals surface area contributed by atoms with Crippen molar-refractivity contribution >= 4 is 28.3 Å². The SMILES string of the molecule is CCCCOc1c2c(c(OCCCC)c3ccccc13)C(=O)N(c1ccc(C(CC)C(=O)O)cc1)C2. The fourth-order valence-electron chi connectivity index (χ4n) is 4.77. The van der Waals surface area contributed by atoms with Crippen molar-refractivity contribution in [2.75, 3.05) is 18.1 Å². The van der Waals surface area contributed by atoms with E-state index >= 15 is 0 Å². The van der Waals surface area contributed by atoms with Crippen LogP contribution in [0.5, 0.6) is 11.5 Å². The normalized spacial score (nSPS) is 13.6. The van der Waals surface area contributed by atoms with Crippen LogP contribution in [0.1, 0.15) is 80.3 Å². The lowest BCUT2D eigenvalue weighted by molar-refractivity contribution is -0.138. The zero-order valence-corrected chi connectivity index (χ0v) is 21.4. The number of hydrogen-bond donors (Lipinski definition) is 1. The summed E-state index contributed by atoms with van der Waals surface area (Å²) >= 11 is 0. The third-order valence-electron chi connectivity index (χ3n) is 6.80. The molecule has 0 aromatic heterocycles. The molecule has 3 aromatic rings. The van der Waals surface area contributed by atoms with E-state index in [1.54, 1.807) is 4.90 Å². The molecule has 1 atom stereocenters. The van der Waals surface area contributed by atoms with E-state index in [-0.39, 0.29) is 5.91 Å². The van der Waals surface area contributed by atoms with Gasteiger partial charge in [-0.25, -0.2) is 0 Å². The first kappa shape index (κ1) is 25.5. The van der Waals surface area contributed by atoms with Gasteiger partial charge in [0.25, 0.3) is 5.91 Å². The van der Waals surface area contributed by atoms with Crippen LogP contribution in [-0.4, -0.2) is 30.2 Å². The molecule has 1 aliphatic heterocycles. The van der Waals surface area contributed by atoms with Crippen LogP contribution < -0.4 is 14.4 Å². The highest BCUT2D eigenvalue weighted by Crippen LogP contribution is 2.46. The topological polar surface area (TPSA) is 76.1 Å². The van der Waals surface area contributed by atoms with E-state index in [1.165, 1.54) is 0 Å².